The molecule has 0 N–H and O–H groups in total. The van der Waals surface area contributed by atoms with Gasteiger partial charge in [-0.25, -0.2) is 0 Å². The highest BCUT2D eigenvalue weighted by Gasteiger charge is 2.46. The molecule has 3 rings (SSSR count). The third kappa shape index (κ3) is 1.74. The Morgan fingerprint density at radius 2 is 2.12 bits per heavy atom. The summed E-state index contributed by atoms with van der Waals surface area (Å²) in [5, 5.41) is 9.46. The molecule has 0 saturated heterocycles. The molecule has 0 unspecified atom stereocenters. The number of thioether (sulfide) groups is 1. The fourth-order valence-corrected chi connectivity index (χ4v) is 4.38. The molecule has 5 atom stereocenters. The van der Waals surface area contributed by atoms with E-state index >= 15 is 0 Å². The third-order valence-electron chi connectivity index (χ3n) is 3.71. The van der Waals surface area contributed by atoms with Gasteiger partial charge in [0.25, 0.3) is 0 Å². The van der Waals surface area contributed by atoms with Gasteiger partial charge < -0.3 is 0 Å². The van der Waals surface area contributed by atoms with Gasteiger partial charge in [-0.15, -0.1) is 11.8 Å². The van der Waals surface area contributed by atoms with E-state index in [1.807, 2.05) is 18.2 Å². The van der Waals surface area contributed by atoms with E-state index in [4.69, 9.17) is 6.63 Å². The molecule has 1 aromatic rings. The molecule has 82 valence electrons. The largest absolute Gasteiger partial charge is 0.198 e. The lowest BCUT2D eigenvalue weighted by Gasteiger charge is -2.24. The topological polar surface area (TPSA) is 23.8 Å². The Labute approximate surface area is 102 Å². The van der Waals surface area contributed by atoms with Gasteiger partial charge in [0.15, 0.2) is 0 Å². The van der Waals surface area contributed by atoms with Crippen molar-refractivity contribution >= 4 is 11.8 Å². The van der Waals surface area contributed by atoms with Crippen LogP contribution in [0.3, 0.4) is 0 Å². The first-order valence-corrected chi connectivity index (χ1v) is 6.71. The summed E-state index contributed by atoms with van der Waals surface area (Å²) in [6.45, 7) is 0. The van der Waals surface area contributed by atoms with Crippen LogP contribution in [0, 0.1) is 29.1 Å². The van der Waals surface area contributed by atoms with Crippen LogP contribution in [0.25, 0.3) is 0 Å². The molecule has 0 radical (unpaired) electrons. The summed E-state index contributed by atoms with van der Waals surface area (Å²) >= 11 is 1.80. The molecule has 0 aromatic heterocycles. The van der Waals surface area contributed by atoms with Gasteiger partial charge in [-0.1, -0.05) is 18.2 Å². The second kappa shape index (κ2) is 4.14. The lowest BCUT2D eigenvalue weighted by atomic mass is 9.90. The molecular weight excluding hydrogens is 214 g/mol. The molecule has 2 bridgehead atoms. The van der Waals surface area contributed by atoms with Crippen LogP contribution in [0.15, 0.2) is 35.2 Å². The molecule has 0 aliphatic heterocycles. The number of rotatable bonds is 2. The van der Waals surface area contributed by atoms with Crippen molar-refractivity contribution in [3.05, 3.63) is 30.3 Å². The first-order valence-electron chi connectivity index (χ1n) is 6.41. The van der Waals surface area contributed by atoms with Crippen LogP contribution in [0.4, 0.5) is 0 Å². The predicted molar refractivity (Wildman–Crippen MR) is 66.0 cm³/mol. The van der Waals surface area contributed by atoms with Gasteiger partial charge in [-0.05, 0) is 43.2 Å². The summed E-state index contributed by atoms with van der Waals surface area (Å²) in [4.78, 5) is 1.24. The number of nitriles is 1. The van der Waals surface area contributed by atoms with Crippen LogP contribution in [-0.2, 0) is 0 Å². The van der Waals surface area contributed by atoms with Gasteiger partial charge in [0.2, 0.25) is 0 Å². The van der Waals surface area contributed by atoms with Crippen molar-refractivity contribution in [1.29, 1.82) is 5.26 Å². The van der Waals surface area contributed by atoms with Gasteiger partial charge >= 0.3 is 0 Å². The summed E-state index contributed by atoms with van der Waals surface area (Å²) in [6, 6.07) is 12.7. The van der Waals surface area contributed by atoms with E-state index in [0.29, 0.717) is 17.1 Å². The molecule has 0 amide bonds. The molecule has 1 nitrogen and oxygen atoms in total. The van der Waals surface area contributed by atoms with Crippen molar-refractivity contribution in [3.63, 3.8) is 0 Å². The lowest BCUT2D eigenvalue weighted by Crippen LogP contribution is -2.20. The zero-order valence-electron chi connectivity index (χ0n) is 10.0. The highest BCUT2D eigenvalue weighted by atomic mass is 32.2. The average molecular weight is 230 g/mol. The molecule has 2 aliphatic rings. The standard InChI is InChI=1S/C14H15NS/c15-9-11-6-10-7-13(11)14(8-10)16-12-4-2-1-3-5-12/h1-5,10-11,13-14H,6-8H2/t10-,11+,13-,14+/m1/s1/i8D/t8-,10+,11-,13+,14-/m0. The van der Waals surface area contributed by atoms with Crippen LogP contribution < -0.4 is 0 Å². The zero-order chi connectivity index (χ0) is 11.8. The minimum atomic E-state index is 0.0230. The van der Waals surface area contributed by atoms with Gasteiger partial charge in [0.1, 0.15) is 0 Å². The van der Waals surface area contributed by atoms with Gasteiger partial charge in [0, 0.05) is 11.5 Å². The van der Waals surface area contributed by atoms with E-state index < -0.39 is 0 Å². The smallest absolute Gasteiger partial charge is 0.0659 e. The Morgan fingerprint density at radius 1 is 1.31 bits per heavy atom. The van der Waals surface area contributed by atoms with Crippen molar-refractivity contribution in [1.82, 2.24) is 0 Å². The summed E-state index contributed by atoms with van der Waals surface area (Å²) in [5.74, 6) is 1.10. The van der Waals surface area contributed by atoms with Crippen LogP contribution in [0.2, 0.25) is 0 Å². The maximum absolute atomic E-state index is 9.14. The van der Waals surface area contributed by atoms with Crippen LogP contribution in [0.1, 0.15) is 20.6 Å². The Kier molecular flexibility index (Phi) is 2.36. The lowest BCUT2D eigenvalue weighted by molar-refractivity contribution is 0.413. The van der Waals surface area contributed by atoms with Gasteiger partial charge in [0.05, 0.1) is 12.0 Å². The Balaban J connectivity index is 1.78. The van der Waals surface area contributed by atoms with E-state index in [1.54, 1.807) is 11.8 Å². The molecule has 2 aliphatic carbocycles. The maximum atomic E-state index is 9.14. The first kappa shape index (κ1) is 9.13. The third-order valence-corrected chi connectivity index (χ3v) is 5.04. The van der Waals surface area contributed by atoms with Crippen molar-refractivity contribution in [2.45, 2.75) is 29.4 Å². The summed E-state index contributed by atoms with van der Waals surface area (Å²) < 4.78 is 8.26. The zero-order valence-corrected chi connectivity index (χ0v) is 9.86. The Bertz CT molecular complexity index is 441. The number of hydrogen-bond donors (Lipinski definition) is 0. The minimum absolute atomic E-state index is 0.0230. The van der Waals surface area contributed by atoms with Gasteiger partial charge in [-0.2, -0.15) is 5.26 Å². The van der Waals surface area contributed by atoms with Crippen molar-refractivity contribution in [2.24, 2.45) is 17.8 Å². The van der Waals surface area contributed by atoms with Crippen molar-refractivity contribution in [2.75, 3.05) is 0 Å². The molecule has 2 fully saturated rings. The van der Waals surface area contributed by atoms with E-state index in [-0.39, 0.29) is 12.3 Å². The fraction of sp³-hybridized carbons (Fsp3) is 0.500. The normalized spacial score (nSPS) is 41.7. The number of benzene rings is 1. The van der Waals surface area contributed by atoms with E-state index in [0.717, 1.165) is 12.8 Å². The summed E-state index contributed by atoms with van der Waals surface area (Å²) in [7, 11) is 0. The second-order valence-corrected chi connectivity index (χ2v) is 5.97. The SMILES string of the molecule is [2H][C@H]1[C@H]2C[C@@H]([C@H]1Sc1ccccc1)[C@H](C#N)C2. The molecule has 0 spiro atoms. The highest BCUT2D eigenvalue weighted by Crippen LogP contribution is 2.53. The van der Waals surface area contributed by atoms with E-state index in [9.17, 15) is 0 Å². The van der Waals surface area contributed by atoms with Crippen LogP contribution in [-0.4, -0.2) is 5.25 Å². The van der Waals surface area contributed by atoms with Crippen molar-refractivity contribution in [3.8, 4) is 6.07 Å². The predicted octanol–water partition coefficient (Wildman–Crippen LogP) is 3.72. The van der Waals surface area contributed by atoms with Crippen LogP contribution in [0.5, 0.6) is 0 Å². The van der Waals surface area contributed by atoms with Crippen LogP contribution >= 0.6 is 11.8 Å². The maximum Gasteiger partial charge on any atom is 0.0659 e. The second-order valence-electron chi connectivity index (χ2n) is 4.72. The van der Waals surface area contributed by atoms with Gasteiger partial charge in [-0.3, -0.25) is 0 Å². The molecule has 2 heteroatoms. The quantitative estimate of drug-likeness (QED) is 0.773. The fourth-order valence-electron chi connectivity index (χ4n) is 2.97. The Morgan fingerprint density at radius 3 is 2.81 bits per heavy atom. The molecule has 16 heavy (non-hydrogen) atoms. The summed E-state index contributed by atoms with van der Waals surface area (Å²) in [6.07, 6.45) is 2.08. The number of fused-ring (bicyclic) bond motifs is 2. The molecule has 2 saturated carbocycles. The van der Waals surface area contributed by atoms with Crippen molar-refractivity contribution < 1.29 is 1.37 Å². The molecule has 1 aromatic carbocycles. The van der Waals surface area contributed by atoms with E-state index in [1.165, 1.54) is 4.90 Å². The molecule has 0 heterocycles. The number of nitrogens with zero attached hydrogens (tertiary/aromatic N) is 1. The monoisotopic (exact) mass is 230 g/mol. The highest BCUT2D eigenvalue weighted by molar-refractivity contribution is 8.00. The Hall–Kier alpha value is -0.940. The van der Waals surface area contributed by atoms with E-state index in [2.05, 4.69) is 18.2 Å². The molecular formula is C14H15NS. The summed E-state index contributed by atoms with van der Waals surface area (Å²) in [5.41, 5.74) is 0. The first-order chi connectivity index (χ1) is 8.29. The minimum Gasteiger partial charge on any atom is -0.198 e. The average Bonchev–Trinajstić information content (AvgIpc) is 2.91. The number of hydrogen-bond acceptors (Lipinski definition) is 2.